The zero-order valence-corrected chi connectivity index (χ0v) is 20.9. The zero-order chi connectivity index (χ0) is 23.4. The quantitative estimate of drug-likeness (QED) is 0.278. The summed E-state index contributed by atoms with van der Waals surface area (Å²) in [5, 5.41) is 4.12. The third-order valence-corrected chi connectivity index (χ3v) is 6.67. The minimum atomic E-state index is 0.627. The van der Waals surface area contributed by atoms with Crippen molar-refractivity contribution in [3.8, 4) is 0 Å². The molecule has 0 aliphatic carbocycles. The van der Waals surface area contributed by atoms with Gasteiger partial charge < -0.3 is 10.2 Å². The fourth-order valence-electron chi connectivity index (χ4n) is 4.31. The molecule has 0 fully saturated rings. The number of aromatic nitrogens is 3. The molecule has 6 heteroatoms. The van der Waals surface area contributed by atoms with E-state index in [-0.39, 0.29) is 0 Å². The van der Waals surface area contributed by atoms with Gasteiger partial charge in [-0.1, -0.05) is 50.1 Å². The van der Waals surface area contributed by atoms with Crippen molar-refractivity contribution in [2.75, 3.05) is 25.5 Å². The lowest BCUT2D eigenvalue weighted by Gasteiger charge is -2.19. The van der Waals surface area contributed by atoms with E-state index >= 15 is 0 Å². The lowest BCUT2D eigenvalue weighted by Crippen LogP contribution is -2.22. The third-order valence-electron chi connectivity index (χ3n) is 6.36. The molecule has 5 nitrogen and oxygen atoms in total. The molecule has 1 unspecified atom stereocenters. The average molecular weight is 464 g/mol. The van der Waals surface area contributed by atoms with Crippen LogP contribution >= 0.6 is 11.6 Å². The standard InChI is InChI=1S/C27H34ClN5/c1-5-6-13-32(4)14-12-19(2)15-21-10-11-23-24(16-21)33-18-29-17-25(33)27(30-23)31-26-20(3)8-7-9-22(26)28/h7-11,16-19H,5-6,12-15H2,1-4H3,(H,30,31). The Labute approximate surface area is 201 Å². The molecule has 4 rings (SSSR count). The van der Waals surface area contributed by atoms with Gasteiger partial charge in [-0.2, -0.15) is 0 Å². The summed E-state index contributed by atoms with van der Waals surface area (Å²) in [5.41, 5.74) is 6.24. The molecular formula is C27H34ClN5. The van der Waals surface area contributed by atoms with Gasteiger partial charge in [0.05, 0.1) is 34.3 Å². The summed E-state index contributed by atoms with van der Waals surface area (Å²) >= 11 is 6.45. The van der Waals surface area contributed by atoms with Gasteiger partial charge in [0.15, 0.2) is 5.82 Å². The highest BCUT2D eigenvalue weighted by atomic mass is 35.5. The molecule has 0 saturated carbocycles. The second-order valence-electron chi connectivity index (χ2n) is 9.24. The molecule has 2 aromatic heterocycles. The molecule has 2 heterocycles. The number of fused-ring (bicyclic) bond motifs is 3. The lowest BCUT2D eigenvalue weighted by molar-refractivity contribution is 0.300. The number of unbranched alkanes of at least 4 members (excludes halogenated alkanes) is 1. The van der Waals surface area contributed by atoms with Crippen LogP contribution < -0.4 is 5.32 Å². The Bertz CT molecular complexity index is 1210. The average Bonchev–Trinajstić information content (AvgIpc) is 3.29. The Morgan fingerprint density at radius 1 is 1.15 bits per heavy atom. The summed E-state index contributed by atoms with van der Waals surface area (Å²) in [6, 6.07) is 12.5. The predicted molar refractivity (Wildman–Crippen MR) is 140 cm³/mol. The molecule has 0 spiro atoms. The molecule has 2 aromatic carbocycles. The van der Waals surface area contributed by atoms with E-state index in [2.05, 4.69) is 58.7 Å². The molecule has 174 valence electrons. The van der Waals surface area contributed by atoms with Gasteiger partial charge in [-0.15, -0.1) is 0 Å². The number of aryl methyl sites for hydroxylation is 1. The van der Waals surface area contributed by atoms with E-state index in [1.807, 2.05) is 37.6 Å². The van der Waals surface area contributed by atoms with Crippen molar-refractivity contribution >= 4 is 39.7 Å². The predicted octanol–water partition coefficient (Wildman–Crippen LogP) is 6.89. The monoisotopic (exact) mass is 463 g/mol. The van der Waals surface area contributed by atoms with Crippen molar-refractivity contribution in [2.24, 2.45) is 5.92 Å². The van der Waals surface area contributed by atoms with E-state index in [9.17, 15) is 0 Å². The number of rotatable bonds is 10. The Hall–Kier alpha value is -2.63. The number of halogens is 1. The maximum absolute atomic E-state index is 6.45. The molecular weight excluding hydrogens is 430 g/mol. The minimum absolute atomic E-state index is 0.627. The fourth-order valence-corrected chi connectivity index (χ4v) is 4.58. The highest BCUT2D eigenvalue weighted by Gasteiger charge is 2.13. The van der Waals surface area contributed by atoms with E-state index < -0.39 is 0 Å². The SMILES string of the molecule is CCCCN(C)CCC(C)Cc1ccc2nc(Nc3c(C)cccc3Cl)c3cncn3c2c1. The van der Waals surface area contributed by atoms with Crippen molar-refractivity contribution < 1.29 is 0 Å². The summed E-state index contributed by atoms with van der Waals surface area (Å²) in [6.45, 7) is 8.98. The Balaban J connectivity index is 1.56. The topological polar surface area (TPSA) is 45.5 Å². The minimum Gasteiger partial charge on any atom is -0.337 e. The number of imidazole rings is 1. The van der Waals surface area contributed by atoms with Crippen LogP contribution in [0.15, 0.2) is 48.9 Å². The number of anilines is 2. The van der Waals surface area contributed by atoms with Crippen LogP contribution in [-0.4, -0.2) is 39.4 Å². The Kier molecular flexibility index (Phi) is 7.51. The third kappa shape index (κ3) is 5.48. The first-order chi connectivity index (χ1) is 16.0. The van der Waals surface area contributed by atoms with Gasteiger partial charge in [0.25, 0.3) is 0 Å². The van der Waals surface area contributed by atoms with Crippen LogP contribution in [0.2, 0.25) is 5.02 Å². The number of hydrogen-bond acceptors (Lipinski definition) is 4. The van der Waals surface area contributed by atoms with Crippen LogP contribution in [0, 0.1) is 12.8 Å². The van der Waals surface area contributed by atoms with Gasteiger partial charge in [-0.3, -0.25) is 4.40 Å². The number of para-hydroxylation sites is 1. The second kappa shape index (κ2) is 10.5. The number of nitrogens with zero attached hydrogens (tertiary/aromatic N) is 4. The van der Waals surface area contributed by atoms with Gasteiger partial charge in [0.1, 0.15) is 5.52 Å². The first-order valence-electron chi connectivity index (χ1n) is 11.9. The van der Waals surface area contributed by atoms with Crippen LogP contribution in [0.4, 0.5) is 11.5 Å². The molecule has 0 aliphatic heterocycles. The first kappa shape index (κ1) is 23.5. The molecule has 0 saturated heterocycles. The van der Waals surface area contributed by atoms with Gasteiger partial charge in [-0.25, -0.2) is 9.97 Å². The maximum Gasteiger partial charge on any atom is 0.157 e. The summed E-state index contributed by atoms with van der Waals surface area (Å²) in [6.07, 6.45) is 8.51. The number of nitrogens with one attached hydrogen (secondary N) is 1. The number of benzene rings is 2. The Morgan fingerprint density at radius 3 is 2.79 bits per heavy atom. The van der Waals surface area contributed by atoms with Gasteiger partial charge in [0, 0.05) is 0 Å². The largest absolute Gasteiger partial charge is 0.337 e. The van der Waals surface area contributed by atoms with E-state index in [0.717, 1.165) is 46.6 Å². The van der Waals surface area contributed by atoms with Crippen molar-refractivity contribution in [1.29, 1.82) is 0 Å². The van der Waals surface area contributed by atoms with Crippen molar-refractivity contribution in [1.82, 2.24) is 19.3 Å². The second-order valence-corrected chi connectivity index (χ2v) is 9.65. The van der Waals surface area contributed by atoms with Crippen molar-refractivity contribution in [2.45, 2.75) is 46.5 Å². The molecule has 4 aromatic rings. The zero-order valence-electron chi connectivity index (χ0n) is 20.1. The first-order valence-corrected chi connectivity index (χ1v) is 12.3. The highest BCUT2D eigenvalue weighted by molar-refractivity contribution is 6.33. The number of hydrogen-bond donors (Lipinski definition) is 1. The molecule has 33 heavy (non-hydrogen) atoms. The smallest absolute Gasteiger partial charge is 0.157 e. The van der Waals surface area contributed by atoms with Crippen LogP contribution in [0.25, 0.3) is 16.6 Å². The molecule has 0 bridgehead atoms. The van der Waals surface area contributed by atoms with Gasteiger partial charge in [0.2, 0.25) is 0 Å². The summed E-state index contributed by atoms with van der Waals surface area (Å²) in [4.78, 5) is 11.8. The Morgan fingerprint density at radius 2 is 2.00 bits per heavy atom. The highest BCUT2D eigenvalue weighted by Crippen LogP contribution is 2.31. The van der Waals surface area contributed by atoms with Crippen LogP contribution in [0.5, 0.6) is 0 Å². The van der Waals surface area contributed by atoms with E-state index in [0.29, 0.717) is 10.9 Å². The maximum atomic E-state index is 6.45. The van der Waals surface area contributed by atoms with Gasteiger partial charge >= 0.3 is 0 Å². The van der Waals surface area contributed by atoms with Crippen LogP contribution in [-0.2, 0) is 6.42 Å². The van der Waals surface area contributed by atoms with E-state index in [4.69, 9.17) is 16.6 Å². The molecule has 1 atom stereocenters. The van der Waals surface area contributed by atoms with Crippen LogP contribution in [0.3, 0.4) is 0 Å². The van der Waals surface area contributed by atoms with Gasteiger partial charge in [-0.05, 0) is 81.6 Å². The molecule has 0 radical (unpaired) electrons. The van der Waals surface area contributed by atoms with Crippen LogP contribution in [0.1, 0.15) is 44.2 Å². The summed E-state index contributed by atoms with van der Waals surface area (Å²) in [7, 11) is 2.23. The normalized spacial score (nSPS) is 12.7. The summed E-state index contributed by atoms with van der Waals surface area (Å²) < 4.78 is 2.11. The van der Waals surface area contributed by atoms with E-state index in [1.165, 1.54) is 31.4 Å². The fraction of sp³-hybridized carbons (Fsp3) is 0.407. The lowest BCUT2D eigenvalue weighted by atomic mass is 9.97. The molecule has 0 amide bonds. The van der Waals surface area contributed by atoms with Crippen molar-refractivity contribution in [3.05, 3.63) is 65.1 Å². The van der Waals surface area contributed by atoms with E-state index in [1.54, 1.807) is 0 Å². The molecule has 0 aliphatic rings. The summed E-state index contributed by atoms with van der Waals surface area (Å²) in [5.74, 6) is 1.38. The molecule has 1 N–H and O–H groups in total. The van der Waals surface area contributed by atoms with Crippen molar-refractivity contribution in [3.63, 3.8) is 0 Å².